The van der Waals surface area contributed by atoms with Crippen LogP contribution >= 0.6 is 0 Å². The summed E-state index contributed by atoms with van der Waals surface area (Å²) in [5.41, 5.74) is 3.75. The molecule has 0 amide bonds. The first-order chi connectivity index (χ1) is 12.9. The van der Waals surface area contributed by atoms with E-state index in [9.17, 15) is 0 Å². The van der Waals surface area contributed by atoms with Gasteiger partial charge < -0.3 is 4.42 Å². The highest BCUT2D eigenvalue weighted by Crippen LogP contribution is 2.39. The van der Waals surface area contributed by atoms with Crippen molar-refractivity contribution in [2.24, 2.45) is 0 Å². The van der Waals surface area contributed by atoms with Crippen LogP contribution < -0.4 is 0 Å². The number of rotatable bonds is 1. The molecule has 0 aliphatic heterocycles. The van der Waals surface area contributed by atoms with Gasteiger partial charge >= 0.3 is 0 Å². The molecule has 0 atom stereocenters. The van der Waals surface area contributed by atoms with Crippen molar-refractivity contribution >= 4 is 43.7 Å². The molecule has 0 bridgehead atoms. The fraction of sp³-hybridized carbons (Fsp3) is 0. The van der Waals surface area contributed by atoms with E-state index < -0.39 is 0 Å². The quantitative estimate of drug-likeness (QED) is 0.430. The van der Waals surface area contributed by atoms with Crippen LogP contribution in [0.25, 0.3) is 49.7 Å². The third kappa shape index (κ3) is 1.66. The summed E-state index contributed by atoms with van der Waals surface area (Å²) in [4.78, 5) is 12.7. The van der Waals surface area contributed by atoms with Gasteiger partial charge in [-0.25, -0.2) is 15.0 Å². The Bertz CT molecular complexity index is 1430. The third-order valence-electron chi connectivity index (χ3n) is 4.86. The zero-order chi connectivity index (χ0) is 17.1. The van der Waals surface area contributed by atoms with Crippen LogP contribution in [0.5, 0.6) is 0 Å². The molecule has 0 radical (unpaired) electrons. The topological polar surface area (TPSA) is 56.7 Å². The standard InChI is InChI=1S/C21H12N4O/c1-3-7-17-13(5-1)15-9-10-16-14-6-2-4-8-18(14)26-20(16)19(15)25(17)21-23-11-22-12-24-21/h1-12H. The fourth-order valence-corrected chi connectivity index (χ4v) is 3.79. The van der Waals surface area contributed by atoms with Crippen molar-refractivity contribution < 1.29 is 4.42 Å². The molecule has 0 saturated carbocycles. The lowest BCUT2D eigenvalue weighted by atomic mass is 10.1. The largest absolute Gasteiger partial charge is 0.454 e. The first kappa shape index (κ1) is 13.5. The van der Waals surface area contributed by atoms with Crippen LogP contribution in [0.15, 0.2) is 77.7 Å². The van der Waals surface area contributed by atoms with Crippen molar-refractivity contribution in [3.63, 3.8) is 0 Å². The maximum Gasteiger partial charge on any atom is 0.237 e. The summed E-state index contributed by atoms with van der Waals surface area (Å²) < 4.78 is 8.32. The minimum atomic E-state index is 0.583. The second-order valence-corrected chi connectivity index (χ2v) is 6.23. The van der Waals surface area contributed by atoms with Crippen LogP contribution in [0, 0.1) is 0 Å². The second-order valence-electron chi connectivity index (χ2n) is 6.23. The smallest absolute Gasteiger partial charge is 0.237 e. The van der Waals surface area contributed by atoms with Crippen molar-refractivity contribution in [2.45, 2.75) is 0 Å². The maximum absolute atomic E-state index is 6.27. The fourth-order valence-electron chi connectivity index (χ4n) is 3.79. The minimum absolute atomic E-state index is 0.583. The Hall–Kier alpha value is -3.73. The molecule has 6 rings (SSSR count). The van der Waals surface area contributed by atoms with E-state index in [0.717, 1.165) is 43.7 Å². The van der Waals surface area contributed by atoms with E-state index in [-0.39, 0.29) is 0 Å². The van der Waals surface area contributed by atoms with E-state index in [0.29, 0.717) is 5.95 Å². The van der Waals surface area contributed by atoms with Crippen LogP contribution in [0.4, 0.5) is 0 Å². The molecule has 0 aliphatic rings. The van der Waals surface area contributed by atoms with E-state index in [1.807, 2.05) is 30.3 Å². The Labute approximate surface area is 147 Å². The molecule has 5 heteroatoms. The average Bonchev–Trinajstić information content (AvgIpc) is 3.24. The lowest BCUT2D eigenvalue weighted by Gasteiger charge is -2.04. The van der Waals surface area contributed by atoms with E-state index in [2.05, 4.69) is 49.9 Å². The van der Waals surface area contributed by atoms with Crippen molar-refractivity contribution in [2.75, 3.05) is 0 Å². The zero-order valence-corrected chi connectivity index (χ0v) is 13.6. The van der Waals surface area contributed by atoms with Gasteiger partial charge in [0.25, 0.3) is 0 Å². The number of para-hydroxylation sites is 2. The highest BCUT2D eigenvalue weighted by molar-refractivity contribution is 6.21. The van der Waals surface area contributed by atoms with Gasteiger partial charge in [0.05, 0.1) is 5.52 Å². The van der Waals surface area contributed by atoms with Crippen LogP contribution in [-0.2, 0) is 0 Å². The number of benzene rings is 3. The normalized spacial score (nSPS) is 11.8. The third-order valence-corrected chi connectivity index (χ3v) is 4.86. The van der Waals surface area contributed by atoms with Gasteiger partial charge in [-0.05, 0) is 18.2 Å². The molecule has 0 saturated heterocycles. The van der Waals surface area contributed by atoms with Gasteiger partial charge in [-0.1, -0.05) is 42.5 Å². The molecular weight excluding hydrogens is 324 g/mol. The van der Waals surface area contributed by atoms with E-state index in [4.69, 9.17) is 4.42 Å². The molecule has 6 aromatic rings. The second kappa shape index (κ2) is 4.89. The zero-order valence-electron chi connectivity index (χ0n) is 13.6. The molecule has 3 aromatic carbocycles. The van der Waals surface area contributed by atoms with E-state index in [1.54, 1.807) is 0 Å². The van der Waals surface area contributed by atoms with Crippen LogP contribution in [-0.4, -0.2) is 19.5 Å². The number of hydrogen-bond acceptors (Lipinski definition) is 4. The van der Waals surface area contributed by atoms with Crippen LogP contribution in [0.2, 0.25) is 0 Å². The molecule has 0 fully saturated rings. The van der Waals surface area contributed by atoms with Gasteiger partial charge in [-0.2, -0.15) is 0 Å². The number of aromatic nitrogens is 4. The summed E-state index contributed by atoms with van der Waals surface area (Å²) in [5, 5.41) is 4.46. The summed E-state index contributed by atoms with van der Waals surface area (Å²) in [7, 11) is 0. The number of fused-ring (bicyclic) bond motifs is 7. The molecule has 0 aliphatic carbocycles. The highest BCUT2D eigenvalue weighted by Gasteiger charge is 2.19. The molecule has 0 spiro atoms. The molecular formula is C21H12N4O. The lowest BCUT2D eigenvalue weighted by Crippen LogP contribution is -2.00. The van der Waals surface area contributed by atoms with Gasteiger partial charge in [-0.3, -0.25) is 4.57 Å². The Balaban J connectivity index is 1.92. The minimum Gasteiger partial charge on any atom is -0.454 e. The maximum atomic E-state index is 6.27. The van der Waals surface area contributed by atoms with E-state index in [1.165, 1.54) is 12.7 Å². The molecule has 3 aromatic heterocycles. The number of nitrogens with zero attached hydrogens (tertiary/aromatic N) is 4. The van der Waals surface area contributed by atoms with Crippen molar-refractivity contribution in [1.29, 1.82) is 0 Å². The van der Waals surface area contributed by atoms with Crippen molar-refractivity contribution in [3.8, 4) is 5.95 Å². The molecule has 0 N–H and O–H groups in total. The van der Waals surface area contributed by atoms with Crippen LogP contribution in [0.3, 0.4) is 0 Å². The molecule has 26 heavy (non-hydrogen) atoms. The predicted octanol–water partition coefficient (Wildman–Crippen LogP) is 4.87. The summed E-state index contributed by atoms with van der Waals surface area (Å²) in [6.07, 6.45) is 3.03. The summed E-state index contributed by atoms with van der Waals surface area (Å²) >= 11 is 0. The van der Waals surface area contributed by atoms with Crippen LogP contribution in [0.1, 0.15) is 0 Å². The Morgan fingerprint density at radius 2 is 1.42 bits per heavy atom. The lowest BCUT2D eigenvalue weighted by molar-refractivity contribution is 0.670. The van der Waals surface area contributed by atoms with Gasteiger partial charge in [0.15, 0.2) is 5.58 Å². The first-order valence-corrected chi connectivity index (χ1v) is 8.37. The van der Waals surface area contributed by atoms with Gasteiger partial charge in [0, 0.05) is 21.5 Å². The van der Waals surface area contributed by atoms with Gasteiger partial charge in [0.2, 0.25) is 5.95 Å². The van der Waals surface area contributed by atoms with Gasteiger partial charge in [0.1, 0.15) is 23.8 Å². The first-order valence-electron chi connectivity index (χ1n) is 8.37. The highest BCUT2D eigenvalue weighted by atomic mass is 16.3. The SMILES string of the molecule is c1ccc2c(c1)oc1c2ccc2c3ccccc3n(-c3ncncn3)c21. The molecule has 3 heterocycles. The average molecular weight is 336 g/mol. The Kier molecular flexibility index (Phi) is 2.55. The summed E-state index contributed by atoms with van der Waals surface area (Å²) in [6.45, 7) is 0. The number of furan rings is 1. The number of hydrogen-bond donors (Lipinski definition) is 0. The Morgan fingerprint density at radius 3 is 2.31 bits per heavy atom. The van der Waals surface area contributed by atoms with Crippen molar-refractivity contribution in [1.82, 2.24) is 19.5 Å². The summed E-state index contributed by atoms with van der Waals surface area (Å²) in [5.74, 6) is 0.583. The Morgan fingerprint density at radius 1 is 0.692 bits per heavy atom. The van der Waals surface area contributed by atoms with Gasteiger partial charge in [-0.15, -0.1) is 0 Å². The van der Waals surface area contributed by atoms with E-state index >= 15 is 0 Å². The molecule has 0 unspecified atom stereocenters. The molecule has 122 valence electrons. The van der Waals surface area contributed by atoms with Crippen molar-refractivity contribution in [3.05, 3.63) is 73.3 Å². The monoisotopic (exact) mass is 336 g/mol. The predicted molar refractivity (Wildman–Crippen MR) is 101 cm³/mol. The summed E-state index contributed by atoms with van der Waals surface area (Å²) in [6, 6.07) is 20.6. The molecule has 5 nitrogen and oxygen atoms in total.